The Kier molecular flexibility index (Phi) is 5.41. The summed E-state index contributed by atoms with van der Waals surface area (Å²) in [5.74, 6) is 6.89. The Bertz CT molecular complexity index is 529. The van der Waals surface area contributed by atoms with E-state index in [0.717, 1.165) is 12.0 Å². The molecule has 1 aliphatic heterocycles. The quantitative estimate of drug-likeness (QED) is 0.849. The number of carbonyl (C=O) groups excluding carboxylic acids is 1. The van der Waals surface area contributed by atoms with Crippen LogP contribution in [0.3, 0.4) is 0 Å². The van der Waals surface area contributed by atoms with E-state index < -0.39 is 0 Å². The molecule has 0 aliphatic carbocycles. The summed E-state index contributed by atoms with van der Waals surface area (Å²) >= 11 is 0. The molecule has 1 aromatic carbocycles. The van der Waals surface area contributed by atoms with Crippen molar-refractivity contribution in [3.05, 3.63) is 35.4 Å². The minimum absolute atomic E-state index is 0.0450. The van der Waals surface area contributed by atoms with E-state index >= 15 is 0 Å². The molecule has 0 spiro atoms. The average Bonchev–Trinajstić information content (AvgIpc) is 2.48. The molecule has 1 amide bonds. The van der Waals surface area contributed by atoms with E-state index in [4.69, 9.17) is 0 Å². The van der Waals surface area contributed by atoms with E-state index in [0.29, 0.717) is 37.4 Å². The number of amides is 1. The van der Waals surface area contributed by atoms with Gasteiger partial charge in [-0.25, -0.2) is 0 Å². The minimum atomic E-state index is -0.257. The smallest absolute Gasteiger partial charge is 0.253 e. The van der Waals surface area contributed by atoms with Crippen LogP contribution < -0.4 is 0 Å². The molecule has 21 heavy (non-hydrogen) atoms. The van der Waals surface area contributed by atoms with Gasteiger partial charge in [-0.2, -0.15) is 0 Å². The number of hydrogen-bond donors (Lipinski definition) is 1. The molecule has 1 aliphatic rings. The topological polar surface area (TPSA) is 40.5 Å². The van der Waals surface area contributed by atoms with Crippen LogP contribution in [-0.4, -0.2) is 35.1 Å². The number of rotatable bonds is 2. The predicted molar refractivity (Wildman–Crippen MR) is 83.9 cm³/mol. The average molecular weight is 285 g/mol. The van der Waals surface area contributed by atoms with Gasteiger partial charge in [0.15, 0.2) is 0 Å². The molecule has 112 valence electrons. The molecular formula is C18H23NO2. The minimum Gasteiger partial charge on any atom is -0.393 e. The third kappa shape index (κ3) is 4.61. The van der Waals surface area contributed by atoms with Gasteiger partial charge in [-0.3, -0.25) is 4.79 Å². The number of aliphatic hydroxyl groups is 1. The summed E-state index contributed by atoms with van der Waals surface area (Å²) in [5.41, 5.74) is 1.64. The van der Waals surface area contributed by atoms with Crippen molar-refractivity contribution in [2.75, 3.05) is 13.1 Å². The van der Waals surface area contributed by atoms with Crippen molar-refractivity contribution >= 4 is 5.91 Å². The molecule has 1 aromatic rings. The molecule has 2 rings (SSSR count). The highest BCUT2D eigenvalue weighted by Crippen LogP contribution is 2.14. The Morgan fingerprint density at radius 3 is 2.48 bits per heavy atom. The normalized spacial score (nSPS) is 15.7. The van der Waals surface area contributed by atoms with Crippen LogP contribution in [0, 0.1) is 17.8 Å². The summed E-state index contributed by atoms with van der Waals surface area (Å²) in [6.07, 6.45) is 1.97. The zero-order valence-electron chi connectivity index (χ0n) is 12.8. The van der Waals surface area contributed by atoms with Gasteiger partial charge in [0.25, 0.3) is 5.91 Å². The molecule has 1 fully saturated rings. The highest BCUT2D eigenvalue weighted by molar-refractivity contribution is 5.94. The van der Waals surface area contributed by atoms with E-state index in [2.05, 4.69) is 25.7 Å². The summed E-state index contributed by atoms with van der Waals surface area (Å²) in [5, 5.41) is 9.48. The molecular weight excluding hydrogens is 262 g/mol. The molecule has 3 nitrogen and oxygen atoms in total. The first-order valence-corrected chi connectivity index (χ1v) is 7.62. The molecule has 0 saturated carbocycles. The Morgan fingerprint density at radius 1 is 1.29 bits per heavy atom. The molecule has 0 aromatic heterocycles. The van der Waals surface area contributed by atoms with E-state index in [1.54, 1.807) is 0 Å². The van der Waals surface area contributed by atoms with Gasteiger partial charge in [0, 0.05) is 30.6 Å². The van der Waals surface area contributed by atoms with Crippen LogP contribution in [0.1, 0.15) is 49.0 Å². The first kappa shape index (κ1) is 15.6. The molecule has 0 unspecified atom stereocenters. The largest absolute Gasteiger partial charge is 0.393 e. The SMILES string of the molecule is CC(C)CC#Cc1ccc(C(=O)N2CCC(O)CC2)cc1. The lowest BCUT2D eigenvalue weighted by atomic mass is 10.1. The van der Waals surface area contributed by atoms with Crippen molar-refractivity contribution in [1.82, 2.24) is 4.90 Å². The van der Waals surface area contributed by atoms with Gasteiger partial charge < -0.3 is 10.0 Å². The van der Waals surface area contributed by atoms with Crippen molar-refractivity contribution < 1.29 is 9.90 Å². The second-order valence-corrected chi connectivity index (χ2v) is 6.00. The second kappa shape index (κ2) is 7.28. The van der Waals surface area contributed by atoms with Crippen LogP contribution in [0.4, 0.5) is 0 Å². The van der Waals surface area contributed by atoms with Crippen molar-refractivity contribution in [2.24, 2.45) is 5.92 Å². The fourth-order valence-corrected chi connectivity index (χ4v) is 2.30. The number of likely N-dealkylation sites (tertiary alicyclic amines) is 1. The van der Waals surface area contributed by atoms with Gasteiger partial charge in [0.2, 0.25) is 0 Å². The number of nitrogens with zero attached hydrogens (tertiary/aromatic N) is 1. The summed E-state index contributed by atoms with van der Waals surface area (Å²) < 4.78 is 0. The van der Waals surface area contributed by atoms with E-state index in [1.165, 1.54) is 0 Å². The lowest BCUT2D eigenvalue weighted by Crippen LogP contribution is -2.40. The van der Waals surface area contributed by atoms with Crippen LogP contribution in [0.5, 0.6) is 0 Å². The summed E-state index contributed by atoms with van der Waals surface area (Å²) in [4.78, 5) is 14.1. The van der Waals surface area contributed by atoms with Gasteiger partial charge in [0.1, 0.15) is 0 Å². The molecule has 1 saturated heterocycles. The number of carbonyl (C=O) groups is 1. The Morgan fingerprint density at radius 2 is 1.90 bits per heavy atom. The van der Waals surface area contributed by atoms with Crippen molar-refractivity contribution in [2.45, 2.75) is 39.2 Å². The van der Waals surface area contributed by atoms with Crippen molar-refractivity contribution in [3.63, 3.8) is 0 Å². The highest BCUT2D eigenvalue weighted by atomic mass is 16.3. The molecule has 1 heterocycles. The highest BCUT2D eigenvalue weighted by Gasteiger charge is 2.21. The zero-order chi connectivity index (χ0) is 15.2. The number of aliphatic hydroxyl groups excluding tert-OH is 1. The molecule has 0 atom stereocenters. The van der Waals surface area contributed by atoms with Crippen LogP contribution in [0.25, 0.3) is 0 Å². The second-order valence-electron chi connectivity index (χ2n) is 6.00. The number of hydrogen-bond acceptors (Lipinski definition) is 2. The Balaban J connectivity index is 1.98. The summed E-state index contributed by atoms with van der Waals surface area (Å²) in [6, 6.07) is 7.48. The van der Waals surface area contributed by atoms with E-state index in [9.17, 15) is 9.90 Å². The molecule has 0 bridgehead atoms. The van der Waals surface area contributed by atoms with Crippen LogP contribution in [-0.2, 0) is 0 Å². The summed E-state index contributed by atoms with van der Waals surface area (Å²) in [7, 11) is 0. The monoisotopic (exact) mass is 285 g/mol. The maximum atomic E-state index is 12.3. The first-order valence-electron chi connectivity index (χ1n) is 7.62. The predicted octanol–water partition coefficient (Wildman–Crippen LogP) is 2.68. The summed E-state index contributed by atoms with van der Waals surface area (Å²) in [6.45, 7) is 5.56. The van der Waals surface area contributed by atoms with Crippen LogP contribution in [0.15, 0.2) is 24.3 Å². The zero-order valence-corrected chi connectivity index (χ0v) is 12.8. The fraction of sp³-hybridized carbons (Fsp3) is 0.500. The Labute approximate surface area is 127 Å². The third-order valence-corrected chi connectivity index (χ3v) is 3.63. The number of benzene rings is 1. The van der Waals surface area contributed by atoms with Crippen molar-refractivity contribution in [3.8, 4) is 11.8 Å². The lowest BCUT2D eigenvalue weighted by Gasteiger charge is -2.29. The van der Waals surface area contributed by atoms with Crippen LogP contribution in [0.2, 0.25) is 0 Å². The van der Waals surface area contributed by atoms with E-state index in [1.807, 2.05) is 29.2 Å². The maximum Gasteiger partial charge on any atom is 0.253 e. The molecule has 3 heteroatoms. The standard InChI is InChI=1S/C18H23NO2/c1-14(2)4-3-5-15-6-8-16(9-7-15)18(21)19-12-10-17(20)11-13-19/h6-9,14,17,20H,4,10-13H2,1-2H3. The molecule has 0 radical (unpaired) electrons. The fourth-order valence-electron chi connectivity index (χ4n) is 2.30. The van der Waals surface area contributed by atoms with Gasteiger partial charge in [-0.15, -0.1) is 0 Å². The number of piperidine rings is 1. The van der Waals surface area contributed by atoms with Gasteiger partial charge in [-0.05, 0) is 43.0 Å². The van der Waals surface area contributed by atoms with Crippen molar-refractivity contribution in [1.29, 1.82) is 0 Å². The van der Waals surface area contributed by atoms with Gasteiger partial charge in [0.05, 0.1) is 6.10 Å². The maximum absolute atomic E-state index is 12.3. The lowest BCUT2D eigenvalue weighted by molar-refractivity contribution is 0.0546. The molecule has 1 N–H and O–H groups in total. The van der Waals surface area contributed by atoms with Gasteiger partial charge in [-0.1, -0.05) is 25.7 Å². The Hall–Kier alpha value is -1.79. The van der Waals surface area contributed by atoms with E-state index in [-0.39, 0.29) is 12.0 Å². The third-order valence-electron chi connectivity index (χ3n) is 3.63. The van der Waals surface area contributed by atoms with Gasteiger partial charge >= 0.3 is 0 Å². The first-order chi connectivity index (χ1) is 10.1. The van der Waals surface area contributed by atoms with Crippen LogP contribution >= 0.6 is 0 Å².